The Morgan fingerprint density at radius 3 is 2.93 bits per heavy atom. The maximum atomic E-state index is 11.1. The van der Waals surface area contributed by atoms with Crippen LogP contribution < -0.4 is 10.5 Å². The van der Waals surface area contributed by atoms with Gasteiger partial charge in [-0.2, -0.15) is 0 Å². The third kappa shape index (κ3) is 2.18. The summed E-state index contributed by atoms with van der Waals surface area (Å²) in [5.74, 6) is 0.664. The quantitative estimate of drug-likeness (QED) is 0.739. The first-order chi connectivity index (χ1) is 7.31. The van der Waals surface area contributed by atoms with Gasteiger partial charge in [0.2, 0.25) is 0 Å². The molecule has 1 aromatic heterocycles. The van der Waals surface area contributed by atoms with Crippen LogP contribution >= 0.6 is 0 Å². The highest BCUT2D eigenvalue weighted by Gasteiger charge is 2.25. The van der Waals surface area contributed by atoms with E-state index >= 15 is 0 Å². The third-order valence-electron chi connectivity index (χ3n) is 2.81. The Morgan fingerprint density at radius 1 is 1.60 bits per heavy atom. The topological polar surface area (TPSA) is 69.2 Å². The highest BCUT2D eigenvalue weighted by Crippen LogP contribution is 2.27. The summed E-state index contributed by atoms with van der Waals surface area (Å²) in [6.45, 7) is 0.631. The fourth-order valence-electron chi connectivity index (χ4n) is 1.81. The summed E-state index contributed by atoms with van der Waals surface area (Å²) < 4.78 is 0. The maximum absolute atomic E-state index is 11.1. The molecule has 2 N–H and O–H groups in total. The second kappa shape index (κ2) is 4.44. The fourth-order valence-corrected chi connectivity index (χ4v) is 1.81. The third-order valence-corrected chi connectivity index (χ3v) is 2.81. The molecule has 1 saturated carbocycles. The number of aromatic nitrogens is 2. The molecule has 0 spiro atoms. The standard InChI is InChI=1S/C10H15N3O2/c14-5-4-13(8-2-1-3-8)9-6-10(15)12-7-11-9/h6-8,14H,1-5H2,(H,11,12,15). The van der Waals surface area contributed by atoms with Crippen molar-refractivity contribution < 1.29 is 5.11 Å². The first-order valence-corrected chi connectivity index (χ1v) is 5.23. The number of rotatable bonds is 4. The molecule has 0 aliphatic heterocycles. The summed E-state index contributed by atoms with van der Waals surface area (Å²) >= 11 is 0. The minimum atomic E-state index is -0.151. The zero-order valence-corrected chi connectivity index (χ0v) is 8.52. The van der Waals surface area contributed by atoms with E-state index in [0.29, 0.717) is 18.4 Å². The van der Waals surface area contributed by atoms with Crippen molar-refractivity contribution in [2.75, 3.05) is 18.1 Å². The molecule has 0 bridgehead atoms. The molecule has 1 heterocycles. The summed E-state index contributed by atoms with van der Waals surface area (Å²) in [7, 11) is 0. The van der Waals surface area contributed by atoms with Crippen LogP contribution in [-0.2, 0) is 0 Å². The van der Waals surface area contributed by atoms with Crippen LogP contribution in [0.1, 0.15) is 19.3 Å². The number of anilines is 1. The highest BCUT2D eigenvalue weighted by molar-refractivity contribution is 5.38. The smallest absolute Gasteiger partial charge is 0.252 e. The van der Waals surface area contributed by atoms with Crippen molar-refractivity contribution >= 4 is 5.82 Å². The summed E-state index contributed by atoms with van der Waals surface area (Å²) in [5, 5.41) is 8.98. The SMILES string of the molecule is O=c1cc(N(CCO)C2CCC2)nc[nH]1. The Morgan fingerprint density at radius 2 is 2.40 bits per heavy atom. The van der Waals surface area contributed by atoms with Gasteiger partial charge >= 0.3 is 0 Å². The molecule has 1 fully saturated rings. The second-order valence-corrected chi connectivity index (χ2v) is 3.77. The molecule has 0 saturated heterocycles. The Bertz CT molecular complexity index is 373. The number of nitrogens with one attached hydrogen (secondary N) is 1. The van der Waals surface area contributed by atoms with Gasteiger partial charge in [-0.3, -0.25) is 4.79 Å². The van der Waals surface area contributed by atoms with Gasteiger partial charge in [0, 0.05) is 18.7 Å². The predicted octanol–water partition coefficient (Wildman–Crippen LogP) is 0.121. The minimum Gasteiger partial charge on any atom is -0.395 e. The fraction of sp³-hybridized carbons (Fsp3) is 0.600. The van der Waals surface area contributed by atoms with Crippen LogP contribution in [0, 0.1) is 0 Å². The van der Waals surface area contributed by atoms with Gasteiger partial charge in [0.25, 0.3) is 5.56 Å². The number of H-pyrrole nitrogens is 1. The summed E-state index contributed by atoms with van der Waals surface area (Å²) in [6, 6.07) is 1.92. The van der Waals surface area contributed by atoms with Gasteiger partial charge in [-0.05, 0) is 19.3 Å². The molecule has 0 radical (unpaired) electrons. The van der Waals surface area contributed by atoms with Crippen LogP contribution in [-0.4, -0.2) is 34.3 Å². The first kappa shape index (κ1) is 10.2. The molecule has 0 aromatic carbocycles. The highest BCUT2D eigenvalue weighted by atomic mass is 16.3. The molecule has 5 heteroatoms. The van der Waals surface area contributed by atoms with E-state index in [1.165, 1.54) is 18.8 Å². The molecule has 0 unspecified atom stereocenters. The lowest BCUT2D eigenvalue weighted by molar-refractivity contribution is 0.283. The Hall–Kier alpha value is -1.36. The monoisotopic (exact) mass is 209 g/mol. The van der Waals surface area contributed by atoms with E-state index < -0.39 is 0 Å². The lowest BCUT2D eigenvalue weighted by Crippen LogP contribution is -2.42. The van der Waals surface area contributed by atoms with Crippen molar-refractivity contribution in [3.63, 3.8) is 0 Å². The van der Waals surface area contributed by atoms with Crippen LogP contribution in [0.15, 0.2) is 17.2 Å². The van der Waals surface area contributed by atoms with Crippen LogP contribution in [0.25, 0.3) is 0 Å². The van der Waals surface area contributed by atoms with Crippen LogP contribution in [0.3, 0.4) is 0 Å². The van der Waals surface area contributed by atoms with Crippen molar-refractivity contribution in [3.8, 4) is 0 Å². The maximum Gasteiger partial charge on any atom is 0.252 e. The van der Waals surface area contributed by atoms with Crippen molar-refractivity contribution in [1.29, 1.82) is 0 Å². The van der Waals surface area contributed by atoms with Gasteiger partial charge < -0.3 is 15.0 Å². The van der Waals surface area contributed by atoms with Gasteiger partial charge in [0.1, 0.15) is 5.82 Å². The van der Waals surface area contributed by atoms with E-state index in [1.54, 1.807) is 0 Å². The van der Waals surface area contributed by atoms with Gasteiger partial charge in [-0.1, -0.05) is 0 Å². The van der Waals surface area contributed by atoms with Gasteiger partial charge in [0.15, 0.2) is 0 Å². The van der Waals surface area contributed by atoms with Crippen LogP contribution in [0.2, 0.25) is 0 Å². The normalized spacial score (nSPS) is 16.1. The van der Waals surface area contributed by atoms with Crippen molar-refractivity contribution in [2.45, 2.75) is 25.3 Å². The first-order valence-electron chi connectivity index (χ1n) is 5.23. The molecule has 1 aromatic rings. The average Bonchev–Trinajstić information content (AvgIpc) is 2.14. The minimum absolute atomic E-state index is 0.0883. The van der Waals surface area contributed by atoms with E-state index in [0.717, 1.165) is 12.8 Å². The van der Waals surface area contributed by atoms with E-state index in [9.17, 15) is 4.79 Å². The zero-order valence-electron chi connectivity index (χ0n) is 8.52. The number of hydrogen-bond donors (Lipinski definition) is 2. The lowest BCUT2D eigenvalue weighted by atomic mass is 9.91. The lowest BCUT2D eigenvalue weighted by Gasteiger charge is -2.37. The Kier molecular flexibility index (Phi) is 3.01. The van der Waals surface area contributed by atoms with Crippen LogP contribution in [0.5, 0.6) is 0 Å². The van der Waals surface area contributed by atoms with E-state index in [-0.39, 0.29) is 12.2 Å². The van der Waals surface area contributed by atoms with Gasteiger partial charge in [0.05, 0.1) is 12.9 Å². The predicted molar refractivity (Wildman–Crippen MR) is 56.9 cm³/mol. The van der Waals surface area contributed by atoms with E-state index in [2.05, 4.69) is 9.97 Å². The average molecular weight is 209 g/mol. The number of aliphatic hydroxyl groups excluding tert-OH is 1. The Labute approximate surface area is 87.8 Å². The van der Waals surface area contributed by atoms with Crippen molar-refractivity contribution in [1.82, 2.24) is 9.97 Å². The van der Waals surface area contributed by atoms with Gasteiger partial charge in [-0.25, -0.2) is 4.98 Å². The van der Waals surface area contributed by atoms with Gasteiger partial charge in [-0.15, -0.1) is 0 Å². The molecule has 82 valence electrons. The molecular weight excluding hydrogens is 194 g/mol. The van der Waals surface area contributed by atoms with Crippen LogP contribution in [0.4, 0.5) is 5.82 Å². The number of aliphatic hydroxyl groups is 1. The Balaban J connectivity index is 2.19. The number of hydrogen-bond acceptors (Lipinski definition) is 4. The largest absolute Gasteiger partial charge is 0.395 e. The molecule has 0 amide bonds. The summed E-state index contributed by atoms with van der Waals surface area (Å²) in [4.78, 5) is 19.8. The summed E-state index contributed by atoms with van der Waals surface area (Å²) in [6.07, 6.45) is 4.86. The van der Waals surface area contributed by atoms with Crippen molar-refractivity contribution in [3.05, 3.63) is 22.7 Å². The van der Waals surface area contributed by atoms with E-state index in [4.69, 9.17) is 5.11 Å². The summed E-state index contributed by atoms with van der Waals surface area (Å²) in [5.41, 5.74) is -0.151. The molecule has 1 aliphatic carbocycles. The van der Waals surface area contributed by atoms with Crippen molar-refractivity contribution in [2.24, 2.45) is 0 Å². The molecular formula is C10H15N3O2. The molecule has 5 nitrogen and oxygen atoms in total. The second-order valence-electron chi connectivity index (χ2n) is 3.77. The van der Waals surface area contributed by atoms with E-state index in [1.807, 2.05) is 4.90 Å². The molecule has 0 atom stereocenters. The molecule has 15 heavy (non-hydrogen) atoms. The number of aromatic amines is 1. The zero-order chi connectivity index (χ0) is 10.7. The molecule has 2 rings (SSSR count). The molecule has 1 aliphatic rings. The number of nitrogens with zero attached hydrogens (tertiary/aromatic N) is 2.